The van der Waals surface area contributed by atoms with Gasteiger partial charge in [-0.15, -0.1) is 0 Å². The number of carbonyl (C=O) groups excluding carboxylic acids is 2. The summed E-state index contributed by atoms with van der Waals surface area (Å²) in [5, 5.41) is 21.2. The molecule has 9 heteroatoms. The highest BCUT2D eigenvalue weighted by molar-refractivity contribution is 6.14. The minimum Gasteiger partial charge on any atom is -0.507 e. The molecule has 1 fully saturated rings. The van der Waals surface area contributed by atoms with Gasteiger partial charge in [0.1, 0.15) is 33.6 Å². The Labute approximate surface area is 268 Å². The standard InChI is InChI=1S/C37H42O9/c1-19-9-10-23-33(41)29(45-6)17-30(40)37(23,31-16-27(39)32-26(38)14-20(44-5)15-28(32)46-31)25(19)18-36(4)22-8-7-13-35(2,3)21(22)11-12-24(36)34(42)43/h9,11,14-17,22-25,38H,7-8,10,12-13,18H2,1-6H3,(H,42,43)/t22-,23+,24-,25-,36+,37+/m1/s1. The zero-order chi connectivity index (χ0) is 33.3. The molecule has 1 aromatic carbocycles. The number of allylic oxidation sites excluding steroid dienone is 6. The van der Waals surface area contributed by atoms with Gasteiger partial charge in [0, 0.05) is 36.1 Å². The normalized spacial score (nSPS) is 32.1. The third-order valence-corrected chi connectivity index (χ3v) is 11.8. The fraction of sp³-hybridized carbons (Fsp3) is 0.514. The third-order valence-electron chi connectivity index (χ3n) is 11.8. The van der Waals surface area contributed by atoms with E-state index in [-0.39, 0.29) is 63.9 Å². The van der Waals surface area contributed by atoms with E-state index in [0.717, 1.165) is 24.8 Å². The van der Waals surface area contributed by atoms with Crippen molar-refractivity contribution in [1.82, 2.24) is 0 Å². The number of Topliss-reactive ketones (excluding diaryl/α,β-unsaturated/α-hetero) is 1. The van der Waals surface area contributed by atoms with Gasteiger partial charge in [0.25, 0.3) is 0 Å². The largest absolute Gasteiger partial charge is 0.507 e. The number of carboxylic acids is 1. The molecule has 2 aromatic rings. The lowest BCUT2D eigenvalue weighted by Gasteiger charge is -2.56. The molecule has 0 aliphatic heterocycles. The van der Waals surface area contributed by atoms with Crippen molar-refractivity contribution in [2.45, 2.75) is 71.6 Å². The van der Waals surface area contributed by atoms with Crippen molar-refractivity contribution in [3.8, 4) is 11.5 Å². The van der Waals surface area contributed by atoms with Gasteiger partial charge < -0.3 is 24.1 Å². The zero-order valence-corrected chi connectivity index (χ0v) is 27.3. The number of ether oxygens (including phenoxy) is 2. The predicted molar refractivity (Wildman–Crippen MR) is 171 cm³/mol. The molecule has 4 aliphatic carbocycles. The van der Waals surface area contributed by atoms with Crippen LogP contribution in [-0.2, 0) is 24.5 Å². The second kappa shape index (κ2) is 11.0. The number of methoxy groups -OCH3 is 2. The quantitative estimate of drug-likeness (QED) is 0.354. The van der Waals surface area contributed by atoms with Crippen LogP contribution in [0.5, 0.6) is 11.5 Å². The summed E-state index contributed by atoms with van der Waals surface area (Å²) in [5.41, 5.74) is -0.981. The Hall–Kier alpha value is -4.14. The SMILES string of the molecule is COC1=CC(=O)[C@@]2(c3cc(=O)c4c(O)cc(OC)cc4o3)[C@H](C[C@]3(C)[C@@H](C(=O)O)CC=C4[C@H]3CCCC4(C)C)C(C)=CC[C@H]2C1=O. The Morgan fingerprint density at radius 3 is 2.43 bits per heavy atom. The highest BCUT2D eigenvalue weighted by Gasteiger charge is 2.63. The maximum Gasteiger partial charge on any atom is 0.307 e. The Morgan fingerprint density at radius 1 is 1.02 bits per heavy atom. The lowest BCUT2D eigenvalue weighted by Crippen LogP contribution is -2.58. The smallest absolute Gasteiger partial charge is 0.307 e. The number of carbonyl (C=O) groups is 3. The molecular weight excluding hydrogens is 588 g/mol. The van der Waals surface area contributed by atoms with Gasteiger partial charge in [-0.05, 0) is 55.8 Å². The highest BCUT2D eigenvalue weighted by atomic mass is 16.5. The fourth-order valence-electron chi connectivity index (χ4n) is 9.37. The van der Waals surface area contributed by atoms with Crippen molar-refractivity contribution in [2.75, 3.05) is 14.2 Å². The van der Waals surface area contributed by atoms with Crippen molar-refractivity contribution in [1.29, 1.82) is 0 Å². The number of aliphatic carboxylic acids is 1. The molecule has 0 spiro atoms. The van der Waals surface area contributed by atoms with Crippen LogP contribution in [0.3, 0.4) is 0 Å². The van der Waals surface area contributed by atoms with Crippen molar-refractivity contribution in [2.24, 2.45) is 34.5 Å². The van der Waals surface area contributed by atoms with Crippen molar-refractivity contribution in [3.05, 3.63) is 69.3 Å². The molecular formula is C37H42O9. The maximum absolute atomic E-state index is 14.7. The van der Waals surface area contributed by atoms with Crippen molar-refractivity contribution >= 4 is 28.5 Å². The van der Waals surface area contributed by atoms with Gasteiger partial charge in [-0.3, -0.25) is 19.2 Å². The van der Waals surface area contributed by atoms with E-state index >= 15 is 0 Å². The molecule has 0 amide bonds. The molecule has 2 N–H and O–H groups in total. The predicted octanol–water partition coefficient (Wildman–Crippen LogP) is 6.26. The van der Waals surface area contributed by atoms with Crippen LogP contribution in [0.15, 0.2) is 62.5 Å². The first kappa shape index (κ1) is 31.8. The maximum atomic E-state index is 14.7. The minimum absolute atomic E-state index is 0.0101. The number of fused-ring (bicyclic) bond motifs is 3. The number of carboxylic acid groups (broad SMARTS) is 1. The van der Waals surface area contributed by atoms with E-state index in [9.17, 15) is 29.4 Å². The molecule has 0 saturated heterocycles. The van der Waals surface area contributed by atoms with E-state index in [4.69, 9.17) is 13.9 Å². The number of benzene rings is 1. The van der Waals surface area contributed by atoms with Crippen LogP contribution in [0, 0.1) is 34.5 Å². The molecule has 0 radical (unpaired) electrons. The van der Waals surface area contributed by atoms with Crippen LogP contribution < -0.4 is 10.2 Å². The van der Waals surface area contributed by atoms with Gasteiger partial charge in [0.05, 0.1) is 20.1 Å². The lowest BCUT2D eigenvalue weighted by molar-refractivity contribution is -0.151. The molecule has 1 heterocycles. The highest BCUT2D eigenvalue weighted by Crippen LogP contribution is 2.62. The zero-order valence-electron chi connectivity index (χ0n) is 27.3. The van der Waals surface area contributed by atoms with Crippen LogP contribution in [0.1, 0.15) is 72.0 Å². The fourth-order valence-corrected chi connectivity index (χ4v) is 9.37. The molecule has 4 aliphatic rings. The van der Waals surface area contributed by atoms with E-state index in [1.807, 2.05) is 19.9 Å². The molecule has 0 unspecified atom stereocenters. The van der Waals surface area contributed by atoms with E-state index < -0.39 is 45.8 Å². The third kappa shape index (κ3) is 4.48. The Bertz CT molecular complexity index is 1810. The van der Waals surface area contributed by atoms with Gasteiger partial charge in [0.15, 0.2) is 17.0 Å². The number of aromatic hydroxyl groups is 1. The summed E-state index contributed by atoms with van der Waals surface area (Å²) in [4.78, 5) is 55.4. The second-order valence-corrected chi connectivity index (χ2v) is 14.4. The average Bonchev–Trinajstić information content (AvgIpc) is 2.99. The topological polar surface area (TPSA) is 140 Å². The first-order valence-electron chi connectivity index (χ1n) is 16.0. The monoisotopic (exact) mass is 630 g/mol. The summed E-state index contributed by atoms with van der Waals surface area (Å²) in [6, 6.07) is 4.00. The number of phenolic OH excluding ortho intramolecular Hbond substituents is 1. The van der Waals surface area contributed by atoms with E-state index in [1.165, 1.54) is 44.1 Å². The number of rotatable bonds is 6. The Morgan fingerprint density at radius 2 is 1.76 bits per heavy atom. The average molecular weight is 631 g/mol. The van der Waals surface area contributed by atoms with Gasteiger partial charge >= 0.3 is 5.97 Å². The summed E-state index contributed by atoms with van der Waals surface area (Å²) in [6.07, 6.45) is 8.92. The Kier molecular flexibility index (Phi) is 7.60. The minimum atomic E-state index is -1.65. The Balaban J connectivity index is 1.62. The number of phenols is 1. The molecule has 1 saturated carbocycles. The van der Waals surface area contributed by atoms with Crippen molar-refractivity contribution in [3.63, 3.8) is 0 Å². The molecule has 9 nitrogen and oxygen atoms in total. The summed E-state index contributed by atoms with van der Waals surface area (Å²) < 4.78 is 17.1. The van der Waals surface area contributed by atoms with Gasteiger partial charge in [-0.25, -0.2) is 0 Å². The lowest BCUT2D eigenvalue weighted by atomic mass is 9.46. The molecule has 46 heavy (non-hydrogen) atoms. The van der Waals surface area contributed by atoms with Gasteiger partial charge in [-0.1, -0.05) is 50.5 Å². The summed E-state index contributed by atoms with van der Waals surface area (Å²) >= 11 is 0. The molecule has 6 rings (SSSR count). The van der Waals surface area contributed by atoms with Gasteiger partial charge in [0.2, 0.25) is 5.78 Å². The van der Waals surface area contributed by atoms with Gasteiger partial charge in [-0.2, -0.15) is 0 Å². The molecule has 1 aromatic heterocycles. The van der Waals surface area contributed by atoms with Crippen LogP contribution in [0.4, 0.5) is 0 Å². The molecule has 244 valence electrons. The number of hydrogen-bond acceptors (Lipinski definition) is 8. The van der Waals surface area contributed by atoms with Crippen molar-refractivity contribution < 1.29 is 38.5 Å². The van der Waals surface area contributed by atoms with E-state index in [0.29, 0.717) is 6.42 Å². The van der Waals surface area contributed by atoms with Crippen LogP contribution >= 0.6 is 0 Å². The number of hydrogen-bond donors (Lipinski definition) is 2. The summed E-state index contributed by atoms with van der Waals surface area (Å²) in [6.45, 7) is 8.36. The van der Waals surface area contributed by atoms with E-state index in [1.54, 1.807) is 0 Å². The summed E-state index contributed by atoms with van der Waals surface area (Å²) in [5.74, 6) is -4.23. The first-order valence-corrected chi connectivity index (χ1v) is 16.0. The molecule has 0 bridgehead atoms. The second-order valence-electron chi connectivity index (χ2n) is 14.4. The first-order chi connectivity index (χ1) is 21.7. The van der Waals surface area contributed by atoms with Crippen LogP contribution in [-0.4, -0.2) is 42.0 Å². The van der Waals surface area contributed by atoms with Crippen LogP contribution in [0.25, 0.3) is 11.0 Å². The number of ketones is 2. The van der Waals surface area contributed by atoms with E-state index in [2.05, 4.69) is 19.9 Å². The van der Waals surface area contributed by atoms with Crippen LogP contribution in [0.2, 0.25) is 0 Å². The molecule has 6 atom stereocenters. The summed E-state index contributed by atoms with van der Waals surface area (Å²) in [7, 11) is 2.76.